The molecule has 0 saturated heterocycles. The van der Waals surface area contributed by atoms with E-state index in [0.29, 0.717) is 12.6 Å². The second-order valence-corrected chi connectivity index (χ2v) is 4.40. The molecule has 0 amide bonds. The molecule has 98 valence electrons. The predicted octanol–water partition coefficient (Wildman–Crippen LogP) is 2.80. The number of carbonyl (C=O) groups excluding carboxylic acids is 1. The molecular formula is C15H21NO2. The van der Waals surface area contributed by atoms with Crippen molar-refractivity contribution in [1.29, 1.82) is 0 Å². The van der Waals surface area contributed by atoms with Gasteiger partial charge in [-0.1, -0.05) is 36.9 Å². The minimum absolute atomic E-state index is 0.351. The smallest absolute Gasteiger partial charge is 0.330 e. The molecule has 0 fully saturated rings. The zero-order chi connectivity index (χ0) is 13.4. The summed E-state index contributed by atoms with van der Waals surface area (Å²) in [6.45, 7) is 3.81. The van der Waals surface area contributed by atoms with Gasteiger partial charge in [-0.3, -0.25) is 0 Å². The Kier molecular flexibility index (Phi) is 6.15. The zero-order valence-corrected chi connectivity index (χ0v) is 11.1. The molecule has 3 heteroatoms. The topological polar surface area (TPSA) is 29.5 Å². The van der Waals surface area contributed by atoms with Gasteiger partial charge in [0, 0.05) is 12.1 Å². The molecule has 1 aromatic rings. The highest BCUT2D eigenvalue weighted by molar-refractivity contribution is 5.81. The van der Waals surface area contributed by atoms with Gasteiger partial charge in [0.15, 0.2) is 0 Å². The minimum Gasteiger partial charge on any atom is -0.463 e. The van der Waals surface area contributed by atoms with Gasteiger partial charge < -0.3 is 9.64 Å². The van der Waals surface area contributed by atoms with E-state index in [2.05, 4.69) is 37.7 Å². The summed E-state index contributed by atoms with van der Waals surface area (Å²) in [5.41, 5.74) is 1.29. The number of hydrogen-bond acceptors (Lipinski definition) is 3. The van der Waals surface area contributed by atoms with E-state index < -0.39 is 0 Å². The molecule has 0 bridgehead atoms. The van der Waals surface area contributed by atoms with Crippen LogP contribution in [-0.4, -0.2) is 31.6 Å². The van der Waals surface area contributed by atoms with E-state index in [9.17, 15) is 4.79 Å². The van der Waals surface area contributed by atoms with Gasteiger partial charge in [0.05, 0.1) is 6.61 Å². The van der Waals surface area contributed by atoms with Crippen LogP contribution in [-0.2, 0) is 9.53 Å². The molecule has 0 radical (unpaired) electrons. The van der Waals surface area contributed by atoms with Crippen LogP contribution in [0.1, 0.15) is 24.4 Å². The Morgan fingerprint density at radius 3 is 2.61 bits per heavy atom. The highest BCUT2D eigenvalue weighted by Gasteiger charge is 2.13. The highest BCUT2D eigenvalue weighted by atomic mass is 16.5. The number of ether oxygens (including phenoxy) is 1. The Hall–Kier alpha value is -1.61. The summed E-state index contributed by atoms with van der Waals surface area (Å²) in [6, 6.07) is 10.7. The molecule has 0 aliphatic rings. The van der Waals surface area contributed by atoms with Crippen LogP contribution < -0.4 is 0 Å². The molecular weight excluding hydrogens is 226 g/mol. The molecule has 3 nitrogen and oxygen atoms in total. The van der Waals surface area contributed by atoms with Crippen LogP contribution >= 0.6 is 0 Å². The third-order valence-electron chi connectivity index (χ3n) is 2.84. The molecule has 0 aromatic heterocycles. The van der Waals surface area contributed by atoms with Gasteiger partial charge in [-0.2, -0.15) is 0 Å². The van der Waals surface area contributed by atoms with Crippen LogP contribution in [0.2, 0.25) is 0 Å². The Morgan fingerprint density at radius 1 is 1.39 bits per heavy atom. The van der Waals surface area contributed by atoms with E-state index >= 15 is 0 Å². The van der Waals surface area contributed by atoms with Crippen molar-refractivity contribution in [1.82, 2.24) is 4.90 Å². The average molecular weight is 247 g/mol. The van der Waals surface area contributed by atoms with Gasteiger partial charge >= 0.3 is 5.97 Å². The molecule has 18 heavy (non-hydrogen) atoms. The maximum absolute atomic E-state index is 10.9. The van der Waals surface area contributed by atoms with Gasteiger partial charge in [-0.25, -0.2) is 4.79 Å². The average Bonchev–Trinajstić information content (AvgIpc) is 2.38. The summed E-state index contributed by atoms with van der Waals surface area (Å²) < 4.78 is 4.98. The second kappa shape index (κ2) is 7.67. The first-order chi connectivity index (χ1) is 8.65. The lowest BCUT2D eigenvalue weighted by atomic mass is 10.0. The quantitative estimate of drug-likeness (QED) is 0.421. The molecule has 1 rings (SSSR count). The van der Waals surface area contributed by atoms with Gasteiger partial charge in [0.25, 0.3) is 0 Å². The van der Waals surface area contributed by atoms with E-state index in [4.69, 9.17) is 4.74 Å². The Balaban J connectivity index is 2.45. The van der Waals surface area contributed by atoms with Crippen molar-refractivity contribution >= 4 is 5.97 Å². The molecule has 1 aromatic carbocycles. The lowest BCUT2D eigenvalue weighted by Gasteiger charge is -2.24. The molecule has 0 aliphatic carbocycles. The predicted molar refractivity (Wildman–Crippen MR) is 73.3 cm³/mol. The van der Waals surface area contributed by atoms with Crippen molar-refractivity contribution in [3.8, 4) is 0 Å². The third kappa shape index (κ3) is 4.72. The van der Waals surface area contributed by atoms with Gasteiger partial charge in [-0.05, 0) is 32.5 Å². The maximum Gasteiger partial charge on any atom is 0.330 e. The standard InChI is InChI=1S/C15H21NO2/c1-4-15(17)18-12-8-11-14(16(2)3)13-9-6-5-7-10-13/h4-7,9-10,14H,1,8,11-12H2,2-3H3. The van der Waals surface area contributed by atoms with Crippen molar-refractivity contribution in [2.24, 2.45) is 0 Å². The molecule has 0 N–H and O–H groups in total. The first kappa shape index (κ1) is 14.5. The Morgan fingerprint density at radius 2 is 2.06 bits per heavy atom. The van der Waals surface area contributed by atoms with Crippen molar-refractivity contribution < 1.29 is 9.53 Å². The van der Waals surface area contributed by atoms with Crippen molar-refractivity contribution in [2.45, 2.75) is 18.9 Å². The molecule has 0 aliphatic heterocycles. The van der Waals surface area contributed by atoms with E-state index in [0.717, 1.165) is 12.8 Å². The number of esters is 1. The van der Waals surface area contributed by atoms with Gasteiger partial charge in [-0.15, -0.1) is 0 Å². The monoisotopic (exact) mass is 247 g/mol. The van der Waals surface area contributed by atoms with Crippen LogP contribution in [0.15, 0.2) is 43.0 Å². The fourth-order valence-electron chi connectivity index (χ4n) is 1.91. The number of hydrogen-bond donors (Lipinski definition) is 0. The van der Waals surface area contributed by atoms with Crippen LogP contribution in [0.25, 0.3) is 0 Å². The number of nitrogens with zero attached hydrogens (tertiary/aromatic N) is 1. The number of carbonyl (C=O) groups is 1. The van der Waals surface area contributed by atoms with Crippen molar-refractivity contribution in [2.75, 3.05) is 20.7 Å². The summed E-state index contributed by atoms with van der Waals surface area (Å²) in [7, 11) is 4.13. The van der Waals surface area contributed by atoms with Gasteiger partial charge in [0.1, 0.15) is 0 Å². The Labute approximate surface area is 109 Å². The highest BCUT2D eigenvalue weighted by Crippen LogP contribution is 2.22. The van der Waals surface area contributed by atoms with Crippen molar-refractivity contribution in [3.05, 3.63) is 48.6 Å². The van der Waals surface area contributed by atoms with Crippen LogP contribution in [0.5, 0.6) is 0 Å². The molecule has 1 unspecified atom stereocenters. The fourth-order valence-corrected chi connectivity index (χ4v) is 1.91. The van der Waals surface area contributed by atoms with Crippen molar-refractivity contribution in [3.63, 3.8) is 0 Å². The summed E-state index contributed by atoms with van der Waals surface area (Å²) in [5, 5.41) is 0. The van der Waals surface area contributed by atoms with E-state index in [1.165, 1.54) is 11.6 Å². The summed E-state index contributed by atoms with van der Waals surface area (Å²) >= 11 is 0. The normalized spacial score (nSPS) is 12.2. The first-order valence-corrected chi connectivity index (χ1v) is 6.15. The van der Waals surface area contributed by atoms with Crippen LogP contribution in [0, 0.1) is 0 Å². The van der Waals surface area contributed by atoms with E-state index in [1.54, 1.807) is 0 Å². The lowest BCUT2D eigenvalue weighted by molar-refractivity contribution is -0.137. The lowest BCUT2D eigenvalue weighted by Crippen LogP contribution is -2.20. The maximum atomic E-state index is 10.9. The van der Waals surface area contributed by atoms with Gasteiger partial charge in [0.2, 0.25) is 0 Å². The fraction of sp³-hybridized carbons (Fsp3) is 0.400. The second-order valence-electron chi connectivity index (χ2n) is 4.40. The SMILES string of the molecule is C=CC(=O)OCCCC(c1ccccc1)N(C)C. The summed E-state index contributed by atoms with van der Waals surface area (Å²) in [6.07, 6.45) is 3.00. The van der Waals surface area contributed by atoms with Crippen LogP contribution in [0.4, 0.5) is 0 Å². The van der Waals surface area contributed by atoms with Crippen LogP contribution in [0.3, 0.4) is 0 Å². The number of rotatable bonds is 7. The molecule has 0 spiro atoms. The number of benzene rings is 1. The van der Waals surface area contributed by atoms with E-state index in [-0.39, 0.29) is 5.97 Å². The third-order valence-corrected chi connectivity index (χ3v) is 2.84. The minimum atomic E-state index is -0.351. The first-order valence-electron chi connectivity index (χ1n) is 6.15. The largest absolute Gasteiger partial charge is 0.463 e. The Bertz CT molecular complexity index is 373. The molecule has 0 heterocycles. The summed E-state index contributed by atoms with van der Waals surface area (Å²) in [4.78, 5) is 13.1. The molecule has 1 atom stereocenters. The molecule has 0 saturated carbocycles. The zero-order valence-electron chi connectivity index (χ0n) is 11.1. The summed E-state index contributed by atoms with van der Waals surface area (Å²) in [5.74, 6) is -0.351. The van der Waals surface area contributed by atoms with E-state index in [1.807, 2.05) is 18.2 Å².